The summed E-state index contributed by atoms with van der Waals surface area (Å²) in [5.41, 5.74) is 1.79. The van der Waals surface area contributed by atoms with E-state index in [2.05, 4.69) is 15.5 Å². The highest BCUT2D eigenvalue weighted by Crippen LogP contribution is 2.31. The Balaban J connectivity index is 1.66. The number of nitrogens with zero attached hydrogens (tertiary/aromatic N) is 2. The SMILES string of the molecule is COc1ccc(OC)c(CCNc2nc(-c3ccc(OC)c(OC)c3)no2)c1. The highest BCUT2D eigenvalue weighted by Gasteiger charge is 2.12. The van der Waals surface area contributed by atoms with Crippen molar-refractivity contribution in [2.45, 2.75) is 6.42 Å². The molecule has 0 amide bonds. The monoisotopic (exact) mass is 385 g/mol. The number of hydrogen-bond donors (Lipinski definition) is 1. The molecular formula is C20H23N3O5. The number of anilines is 1. The molecule has 8 heteroatoms. The van der Waals surface area contributed by atoms with Crippen LogP contribution in [-0.2, 0) is 6.42 Å². The summed E-state index contributed by atoms with van der Waals surface area (Å²) in [5, 5.41) is 7.15. The first-order chi connectivity index (χ1) is 13.7. The van der Waals surface area contributed by atoms with E-state index < -0.39 is 0 Å². The van der Waals surface area contributed by atoms with Crippen LogP contribution in [0.3, 0.4) is 0 Å². The first-order valence-corrected chi connectivity index (χ1v) is 8.69. The second-order valence-corrected chi connectivity index (χ2v) is 5.85. The zero-order valence-corrected chi connectivity index (χ0v) is 16.3. The first-order valence-electron chi connectivity index (χ1n) is 8.69. The highest BCUT2D eigenvalue weighted by molar-refractivity contribution is 5.61. The Bertz CT molecular complexity index is 926. The van der Waals surface area contributed by atoms with E-state index in [0.29, 0.717) is 36.3 Å². The molecule has 0 saturated carbocycles. The molecule has 1 aromatic heterocycles. The minimum absolute atomic E-state index is 0.339. The van der Waals surface area contributed by atoms with E-state index in [-0.39, 0.29) is 0 Å². The molecule has 1 heterocycles. The summed E-state index contributed by atoms with van der Waals surface area (Å²) in [5.74, 6) is 3.29. The van der Waals surface area contributed by atoms with Crippen molar-refractivity contribution in [1.29, 1.82) is 0 Å². The third-order valence-corrected chi connectivity index (χ3v) is 4.23. The van der Waals surface area contributed by atoms with Crippen molar-refractivity contribution in [2.75, 3.05) is 40.3 Å². The van der Waals surface area contributed by atoms with Crippen LogP contribution in [0, 0.1) is 0 Å². The molecule has 3 rings (SSSR count). The van der Waals surface area contributed by atoms with Crippen LogP contribution in [-0.4, -0.2) is 45.1 Å². The van der Waals surface area contributed by atoms with Crippen LogP contribution in [0.5, 0.6) is 23.0 Å². The van der Waals surface area contributed by atoms with E-state index in [1.165, 1.54) is 0 Å². The highest BCUT2D eigenvalue weighted by atomic mass is 16.5. The molecule has 0 aliphatic heterocycles. The molecule has 28 heavy (non-hydrogen) atoms. The van der Waals surface area contributed by atoms with Gasteiger partial charge in [-0.3, -0.25) is 0 Å². The molecule has 0 unspecified atom stereocenters. The van der Waals surface area contributed by atoms with Gasteiger partial charge in [-0.2, -0.15) is 4.98 Å². The standard InChI is InChI=1S/C20H23N3O5/c1-24-15-6-8-16(25-2)13(11-15)9-10-21-20-22-19(23-28-20)14-5-7-17(26-3)18(12-14)27-4/h5-8,11-12H,9-10H2,1-4H3,(H,21,22,23). The van der Waals surface area contributed by atoms with E-state index >= 15 is 0 Å². The van der Waals surface area contributed by atoms with Crippen LogP contribution in [0.15, 0.2) is 40.9 Å². The minimum Gasteiger partial charge on any atom is -0.497 e. The third-order valence-electron chi connectivity index (χ3n) is 4.23. The predicted molar refractivity (Wildman–Crippen MR) is 105 cm³/mol. The zero-order valence-electron chi connectivity index (χ0n) is 16.3. The number of methoxy groups -OCH3 is 4. The van der Waals surface area contributed by atoms with Gasteiger partial charge in [0.05, 0.1) is 28.4 Å². The van der Waals surface area contributed by atoms with Crippen LogP contribution in [0.1, 0.15) is 5.56 Å². The van der Waals surface area contributed by atoms with Crippen LogP contribution in [0.2, 0.25) is 0 Å². The normalized spacial score (nSPS) is 10.4. The van der Waals surface area contributed by atoms with E-state index in [1.807, 2.05) is 24.3 Å². The van der Waals surface area contributed by atoms with Crippen molar-refractivity contribution in [3.8, 4) is 34.4 Å². The Morgan fingerprint density at radius 1 is 0.857 bits per heavy atom. The smallest absolute Gasteiger partial charge is 0.321 e. The van der Waals surface area contributed by atoms with Crippen LogP contribution < -0.4 is 24.3 Å². The van der Waals surface area contributed by atoms with Crippen LogP contribution in [0.25, 0.3) is 11.4 Å². The molecule has 0 bridgehead atoms. The van der Waals surface area contributed by atoms with E-state index in [0.717, 1.165) is 22.6 Å². The number of nitrogens with one attached hydrogen (secondary N) is 1. The molecule has 0 radical (unpaired) electrons. The lowest BCUT2D eigenvalue weighted by Crippen LogP contribution is -2.06. The average Bonchev–Trinajstić information content (AvgIpc) is 3.22. The van der Waals surface area contributed by atoms with Gasteiger partial charge in [-0.15, -0.1) is 0 Å². The van der Waals surface area contributed by atoms with Gasteiger partial charge in [0.2, 0.25) is 5.82 Å². The topological polar surface area (TPSA) is 87.9 Å². The molecule has 0 aliphatic rings. The molecule has 0 saturated heterocycles. The van der Waals surface area contributed by atoms with E-state index in [1.54, 1.807) is 40.6 Å². The summed E-state index contributed by atoms with van der Waals surface area (Å²) >= 11 is 0. The van der Waals surface area contributed by atoms with Crippen LogP contribution >= 0.6 is 0 Å². The van der Waals surface area contributed by atoms with Gasteiger partial charge in [0.15, 0.2) is 11.5 Å². The zero-order chi connectivity index (χ0) is 19.9. The largest absolute Gasteiger partial charge is 0.497 e. The lowest BCUT2D eigenvalue weighted by Gasteiger charge is -2.10. The number of hydrogen-bond acceptors (Lipinski definition) is 8. The Morgan fingerprint density at radius 2 is 1.61 bits per heavy atom. The fourth-order valence-electron chi connectivity index (χ4n) is 2.77. The summed E-state index contributed by atoms with van der Waals surface area (Å²) in [7, 11) is 6.45. The van der Waals surface area contributed by atoms with Gasteiger partial charge in [-0.1, -0.05) is 5.16 Å². The molecule has 0 atom stereocenters. The second kappa shape index (κ2) is 8.98. The van der Waals surface area contributed by atoms with Gasteiger partial charge in [-0.25, -0.2) is 0 Å². The molecule has 3 aromatic rings. The van der Waals surface area contributed by atoms with Crippen molar-refractivity contribution in [2.24, 2.45) is 0 Å². The lowest BCUT2D eigenvalue weighted by atomic mass is 10.1. The Labute approximate surface area is 163 Å². The number of benzene rings is 2. The van der Waals surface area contributed by atoms with Gasteiger partial charge < -0.3 is 28.8 Å². The van der Waals surface area contributed by atoms with E-state index in [4.69, 9.17) is 23.5 Å². The minimum atomic E-state index is 0.339. The Hall–Kier alpha value is -3.42. The molecule has 0 spiro atoms. The van der Waals surface area contributed by atoms with Gasteiger partial charge in [-0.05, 0) is 48.4 Å². The van der Waals surface area contributed by atoms with Crippen molar-refractivity contribution in [3.63, 3.8) is 0 Å². The Kier molecular flexibility index (Phi) is 6.21. The maximum atomic E-state index is 5.39. The quantitative estimate of drug-likeness (QED) is 0.599. The average molecular weight is 385 g/mol. The molecule has 0 aliphatic carbocycles. The number of aromatic nitrogens is 2. The fraction of sp³-hybridized carbons (Fsp3) is 0.300. The Morgan fingerprint density at radius 3 is 2.32 bits per heavy atom. The summed E-state index contributed by atoms with van der Waals surface area (Å²) in [6.45, 7) is 0.594. The van der Waals surface area contributed by atoms with Crippen molar-refractivity contribution < 1.29 is 23.5 Å². The summed E-state index contributed by atoms with van der Waals surface area (Å²) < 4.78 is 26.5. The van der Waals surface area contributed by atoms with Gasteiger partial charge in [0.25, 0.3) is 0 Å². The predicted octanol–water partition coefficient (Wildman–Crippen LogP) is 3.43. The molecule has 148 valence electrons. The third kappa shape index (κ3) is 4.28. The molecule has 2 aromatic carbocycles. The summed E-state index contributed by atoms with van der Waals surface area (Å²) in [4.78, 5) is 4.38. The molecule has 0 fully saturated rings. The van der Waals surface area contributed by atoms with Gasteiger partial charge >= 0.3 is 6.01 Å². The molecular weight excluding hydrogens is 362 g/mol. The summed E-state index contributed by atoms with van der Waals surface area (Å²) in [6.07, 6.45) is 0.703. The van der Waals surface area contributed by atoms with Crippen molar-refractivity contribution in [1.82, 2.24) is 10.1 Å². The maximum Gasteiger partial charge on any atom is 0.321 e. The lowest BCUT2D eigenvalue weighted by molar-refractivity contribution is 0.355. The number of rotatable bonds is 9. The summed E-state index contributed by atoms with van der Waals surface area (Å²) in [6, 6.07) is 11.5. The van der Waals surface area contributed by atoms with E-state index in [9.17, 15) is 0 Å². The van der Waals surface area contributed by atoms with Gasteiger partial charge in [0, 0.05) is 12.1 Å². The molecule has 8 nitrogen and oxygen atoms in total. The first kappa shape index (κ1) is 19.3. The van der Waals surface area contributed by atoms with Gasteiger partial charge in [0.1, 0.15) is 11.5 Å². The number of ether oxygens (including phenoxy) is 4. The van der Waals surface area contributed by atoms with Crippen molar-refractivity contribution >= 4 is 6.01 Å². The second-order valence-electron chi connectivity index (χ2n) is 5.85. The maximum absolute atomic E-state index is 5.39. The molecule has 1 N–H and O–H groups in total. The van der Waals surface area contributed by atoms with Crippen LogP contribution in [0.4, 0.5) is 6.01 Å². The van der Waals surface area contributed by atoms with Crippen molar-refractivity contribution in [3.05, 3.63) is 42.0 Å². The fourth-order valence-corrected chi connectivity index (χ4v) is 2.77.